The van der Waals surface area contributed by atoms with Crippen LogP contribution in [0, 0.1) is 0 Å². The molecular weight excluding hydrogens is 370 g/mol. The van der Waals surface area contributed by atoms with Crippen LogP contribution in [0.25, 0.3) is 20.2 Å². The van der Waals surface area contributed by atoms with Crippen LogP contribution >= 0.6 is 11.3 Å². The van der Waals surface area contributed by atoms with Crippen LogP contribution < -0.4 is 0 Å². The van der Waals surface area contributed by atoms with E-state index in [1.165, 1.54) is 96.5 Å². The fourth-order valence-electron chi connectivity index (χ4n) is 4.47. The maximum Gasteiger partial charge on any atom is 0.104 e. The summed E-state index contributed by atoms with van der Waals surface area (Å²) >= 11 is 1.91. The first-order valence-corrected chi connectivity index (χ1v) is 12.6. The van der Waals surface area contributed by atoms with Crippen molar-refractivity contribution in [1.29, 1.82) is 0 Å². The van der Waals surface area contributed by atoms with Crippen molar-refractivity contribution < 1.29 is 4.48 Å². The molecule has 1 aromatic heterocycles. The minimum Gasteiger partial charge on any atom is -0.325 e. The van der Waals surface area contributed by atoms with Gasteiger partial charge in [0.15, 0.2) is 0 Å². The van der Waals surface area contributed by atoms with Gasteiger partial charge in [0.2, 0.25) is 0 Å². The predicted molar refractivity (Wildman–Crippen MR) is 132 cm³/mol. The van der Waals surface area contributed by atoms with E-state index in [0.29, 0.717) is 0 Å². The number of fused-ring (bicyclic) bond motifs is 3. The number of rotatable bonds is 13. The van der Waals surface area contributed by atoms with Crippen LogP contribution in [0.5, 0.6) is 0 Å². The maximum absolute atomic E-state index is 2.44. The third-order valence-electron chi connectivity index (χ3n) is 6.17. The molecule has 3 rings (SSSR count). The zero-order valence-electron chi connectivity index (χ0n) is 18.9. The van der Waals surface area contributed by atoms with Crippen molar-refractivity contribution >= 4 is 31.5 Å². The number of thiophene rings is 1. The Hall–Kier alpha value is -1.38. The van der Waals surface area contributed by atoms with E-state index in [0.717, 1.165) is 11.0 Å². The van der Waals surface area contributed by atoms with E-state index in [1.807, 2.05) is 11.3 Å². The number of quaternary nitrogens is 1. The molecule has 0 saturated carbocycles. The van der Waals surface area contributed by atoms with Crippen LogP contribution in [0.2, 0.25) is 0 Å². The van der Waals surface area contributed by atoms with Gasteiger partial charge in [0.1, 0.15) is 6.54 Å². The molecule has 29 heavy (non-hydrogen) atoms. The van der Waals surface area contributed by atoms with Crippen LogP contribution in [0.4, 0.5) is 0 Å². The summed E-state index contributed by atoms with van der Waals surface area (Å²) in [5.74, 6) is 0. The molecule has 0 fully saturated rings. The van der Waals surface area contributed by atoms with Crippen molar-refractivity contribution in [3.05, 3.63) is 48.0 Å². The lowest BCUT2D eigenvalue weighted by molar-refractivity contribution is -0.903. The SMILES string of the molecule is CCCCCCCCCCCC[N+](C)(C)Cc1ccc2sc3ccccc3c2c1. The van der Waals surface area contributed by atoms with E-state index in [1.54, 1.807) is 0 Å². The molecule has 0 radical (unpaired) electrons. The van der Waals surface area contributed by atoms with Crippen molar-refractivity contribution in [3.63, 3.8) is 0 Å². The topological polar surface area (TPSA) is 0 Å². The zero-order valence-corrected chi connectivity index (χ0v) is 19.7. The van der Waals surface area contributed by atoms with Crippen molar-refractivity contribution in [2.24, 2.45) is 0 Å². The van der Waals surface area contributed by atoms with Gasteiger partial charge in [-0.1, -0.05) is 82.6 Å². The summed E-state index contributed by atoms with van der Waals surface area (Å²) in [5, 5.41) is 2.84. The lowest BCUT2D eigenvalue weighted by Gasteiger charge is -2.30. The normalized spacial score (nSPS) is 12.2. The van der Waals surface area contributed by atoms with E-state index < -0.39 is 0 Å². The van der Waals surface area contributed by atoms with Crippen molar-refractivity contribution in [2.45, 2.75) is 77.7 Å². The Morgan fingerprint density at radius 2 is 1.31 bits per heavy atom. The second kappa shape index (κ2) is 11.1. The molecule has 0 N–H and O–H groups in total. The molecule has 1 nitrogen and oxygen atoms in total. The Kier molecular flexibility index (Phi) is 8.56. The third-order valence-corrected chi connectivity index (χ3v) is 7.32. The fourth-order valence-corrected chi connectivity index (χ4v) is 5.56. The molecule has 0 aliphatic carbocycles. The smallest absolute Gasteiger partial charge is 0.104 e. The van der Waals surface area contributed by atoms with Gasteiger partial charge in [0.05, 0.1) is 20.6 Å². The van der Waals surface area contributed by atoms with Gasteiger partial charge in [0, 0.05) is 25.7 Å². The van der Waals surface area contributed by atoms with Crippen molar-refractivity contribution in [1.82, 2.24) is 0 Å². The first kappa shape index (κ1) is 22.3. The van der Waals surface area contributed by atoms with Crippen LogP contribution in [0.3, 0.4) is 0 Å². The summed E-state index contributed by atoms with van der Waals surface area (Å²) in [6.45, 7) is 4.69. The summed E-state index contributed by atoms with van der Waals surface area (Å²) in [6, 6.07) is 15.9. The Morgan fingerprint density at radius 1 is 0.690 bits per heavy atom. The van der Waals surface area contributed by atoms with Crippen LogP contribution in [-0.4, -0.2) is 25.1 Å². The highest BCUT2D eigenvalue weighted by Crippen LogP contribution is 2.34. The Bertz CT molecular complexity index is 877. The molecule has 0 atom stereocenters. The van der Waals surface area contributed by atoms with E-state index in [-0.39, 0.29) is 0 Å². The molecule has 0 saturated heterocycles. The molecular formula is C27H40NS+. The standard InChI is InChI=1S/C27H40NS/c1-4-5-6-7-8-9-10-11-12-15-20-28(2,3)22-23-18-19-27-25(21-23)24-16-13-14-17-26(24)29-27/h13-14,16-19,21H,4-12,15,20,22H2,1-3H3/q+1. The maximum atomic E-state index is 2.44. The Morgan fingerprint density at radius 3 is 2.03 bits per heavy atom. The third kappa shape index (κ3) is 6.83. The zero-order chi connectivity index (χ0) is 20.5. The van der Waals surface area contributed by atoms with Gasteiger partial charge in [-0.3, -0.25) is 0 Å². The highest BCUT2D eigenvalue weighted by atomic mass is 32.1. The molecule has 1 heterocycles. The molecule has 2 heteroatoms. The van der Waals surface area contributed by atoms with Gasteiger partial charge in [0.25, 0.3) is 0 Å². The first-order chi connectivity index (χ1) is 14.1. The lowest BCUT2D eigenvalue weighted by atomic mass is 10.1. The van der Waals surface area contributed by atoms with Crippen molar-refractivity contribution in [2.75, 3.05) is 20.6 Å². The number of nitrogens with zero attached hydrogens (tertiary/aromatic N) is 1. The molecule has 0 unspecified atom stereocenters. The van der Waals surface area contributed by atoms with Gasteiger partial charge >= 0.3 is 0 Å². The number of unbranched alkanes of at least 4 members (excludes halogenated alkanes) is 9. The highest BCUT2D eigenvalue weighted by Gasteiger charge is 2.16. The van der Waals surface area contributed by atoms with Gasteiger partial charge in [-0.05, 0) is 31.0 Å². The van der Waals surface area contributed by atoms with E-state index in [4.69, 9.17) is 0 Å². The molecule has 0 aliphatic heterocycles. The van der Waals surface area contributed by atoms with Gasteiger partial charge in [-0.2, -0.15) is 0 Å². The molecule has 158 valence electrons. The van der Waals surface area contributed by atoms with Gasteiger partial charge < -0.3 is 4.48 Å². The fraction of sp³-hybridized carbons (Fsp3) is 0.556. The second-order valence-electron chi connectivity index (χ2n) is 9.43. The predicted octanol–water partition coefficient (Wildman–Crippen LogP) is 8.55. The molecule has 0 aliphatic rings. The summed E-state index contributed by atoms with van der Waals surface area (Å²) in [6.07, 6.45) is 14.1. The van der Waals surface area contributed by atoms with Crippen LogP contribution in [0.15, 0.2) is 42.5 Å². The van der Waals surface area contributed by atoms with Gasteiger partial charge in [-0.15, -0.1) is 11.3 Å². The Labute approximate surface area is 182 Å². The van der Waals surface area contributed by atoms with E-state index >= 15 is 0 Å². The average molecular weight is 411 g/mol. The van der Waals surface area contributed by atoms with Crippen LogP contribution in [-0.2, 0) is 6.54 Å². The summed E-state index contributed by atoms with van der Waals surface area (Å²) in [7, 11) is 4.79. The lowest BCUT2D eigenvalue weighted by Crippen LogP contribution is -2.39. The molecule has 3 aromatic rings. The highest BCUT2D eigenvalue weighted by molar-refractivity contribution is 7.25. The quantitative estimate of drug-likeness (QED) is 0.195. The Balaban J connectivity index is 1.42. The number of benzene rings is 2. The summed E-state index contributed by atoms with van der Waals surface area (Å²) < 4.78 is 3.90. The van der Waals surface area contributed by atoms with Gasteiger partial charge in [-0.25, -0.2) is 0 Å². The average Bonchev–Trinajstić information content (AvgIpc) is 3.07. The van der Waals surface area contributed by atoms with Crippen LogP contribution in [0.1, 0.15) is 76.7 Å². The molecule has 0 bridgehead atoms. The van der Waals surface area contributed by atoms with E-state index in [2.05, 4.69) is 63.5 Å². The summed E-state index contributed by atoms with van der Waals surface area (Å²) in [4.78, 5) is 0. The summed E-state index contributed by atoms with van der Waals surface area (Å²) in [5.41, 5.74) is 1.47. The number of hydrogen-bond donors (Lipinski definition) is 0. The first-order valence-electron chi connectivity index (χ1n) is 11.8. The minimum atomic E-state index is 1.09. The minimum absolute atomic E-state index is 1.09. The monoisotopic (exact) mass is 410 g/mol. The molecule has 2 aromatic carbocycles. The number of hydrogen-bond acceptors (Lipinski definition) is 1. The van der Waals surface area contributed by atoms with E-state index in [9.17, 15) is 0 Å². The largest absolute Gasteiger partial charge is 0.325 e. The molecule has 0 amide bonds. The second-order valence-corrected chi connectivity index (χ2v) is 10.5. The van der Waals surface area contributed by atoms with Crippen molar-refractivity contribution in [3.8, 4) is 0 Å². The molecule has 0 spiro atoms.